The molecular formula is C18H27NO3. The molecule has 1 aromatic rings. The Kier molecular flexibility index (Phi) is 7.64. The minimum Gasteiger partial charge on any atom is -0.481 e. The van der Waals surface area contributed by atoms with E-state index in [1.165, 1.54) is 5.56 Å². The van der Waals surface area contributed by atoms with Gasteiger partial charge in [-0.15, -0.1) is 0 Å². The molecule has 0 aliphatic rings. The van der Waals surface area contributed by atoms with E-state index in [2.05, 4.69) is 24.4 Å². The van der Waals surface area contributed by atoms with E-state index < -0.39 is 11.9 Å². The molecule has 2 unspecified atom stereocenters. The minimum absolute atomic E-state index is 0.0715. The second-order valence-corrected chi connectivity index (χ2v) is 6.32. The Bertz CT molecular complexity index is 470. The molecule has 2 atom stereocenters. The van der Waals surface area contributed by atoms with Gasteiger partial charge in [-0.3, -0.25) is 9.59 Å². The van der Waals surface area contributed by atoms with Crippen molar-refractivity contribution >= 4 is 11.9 Å². The fraction of sp³-hybridized carbons (Fsp3) is 0.556. The highest BCUT2D eigenvalue weighted by molar-refractivity contribution is 5.77. The van der Waals surface area contributed by atoms with Crippen LogP contribution < -0.4 is 5.32 Å². The first kappa shape index (κ1) is 18.2. The summed E-state index contributed by atoms with van der Waals surface area (Å²) in [6.07, 6.45) is 1.76. The zero-order valence-electron chi connectivity index (χ0n) is 13.7. The SMILES string of the molecule is CC(C)CC(CNC(=O)CCC(C)c1ccccc1)C(=O)O. The van der Waals surface area contributed by atoms with E-state index in [0.29, 0.717) is 24.7 Å². The van der Waals surface area contributed by atoms with Crippen molar-refractivity contribution in [2.24, 2.45) is 11.8 Å². The summed E-state index contributed by atoms with van der Waals surface area (Å²) in [6.45, 7) is 6.28. The van der Waals surface area contributed by atoms with Gasteiger partial charge in [0.25, 0.3) is 0 Å². The standard InChI is InChI=1S/C18H27NO3/c1-13(2)11-16(18(21)22)12-19-17(20)10-9-14(3)15-7-5-4-6-8-15/h4-8,13-14,16H,9-12H2,1-3H3,(H,19,20)(H,21,22). The summed E-state index contributed by atoms with van der Waals surface area (Å²) in [6, 6.07) is 10.1. The molecule has 0 radical (unpaired) electrons. The number of carbonyl (C=O) groups excluding carboxylic acids is 1. The van der Waals surface area contributed by atoms with Crippen molar-refractivity contribution in [1.29, 1.82) is 0 Å². The smallest absolute Gasteiger partial charge is 0.308 e. The number of rotatable bonds is 9. The number of carboxylic acid groups (broad SMARTS) is 1. The molecule has 122 valence electrons. The van der Waals surface area contributed by atoms with Gasteiger partial charge in [0.15, 0.2) is 0 Å². The molecule has 1 amide bonds. The molecule has 0 aliphatic carbocycles. The van der Waals surface area contributed by atoms with Crippen LogP contribution in [0.1, 0.15) is 51.5 Å². The Labute approximate surface area is 132 Å². The third-order valence-corrected chi connectivity index (χ3v) is 3.82. The van der Waals surface area contributed by atoms with Crippen LogP contribution in [0.2, 0.25) is 0 Å². The number of benzene rings is 1. The maximum Gasteiger partial charge on any atom is 0.308 e. The fourth-order valence-corrected chi connectivity index (χ4v) is 2.46. The van der Waals surface area contributed by atoms with Crippen LogP contribution in [0.25, 0.3) is 0 Å². The second-order valence-electron chi connectivity index (χ2n) is 6.32. The molecule has 2 N–H and O–H groups in total. The van der Waals surface area contributed by atoms with Gasteiger partial charge in [-0.25, -0.2) is 0 Å². The molecule has 0 aliphatic heterocycles. The Morgan fingerprint density at radius 1 is 1.14 bits per heavy atom. The summed E-state index contributed by atoms with van der Waals surface area (Å²) in [5.41, 5.74) is 1.22. The van der Waals surface area contributed by atoms with Crippen LogP contribution in [-0.4, -0.2) is 23.5 Å². The van der Waals surface area contributed by atoms with Crippen LogP contribution in [0.5, 0.6) is 0 Å². The molecule has 0 fully saturated rings. The number of amides is 1. The minimum atomic E-state index is -0.841. The topological polar surface area (TPSA) is 66.4 Å². The van der Waals surface area contributed by atoms with Crippen LogP contribution in [-0.2, 0) is 9.59 Å². The van der Waals surface area contributed by atoms with Gasteiger partial charge in [0.05, 0.1) is 5.92 Å². The molecule has 1 aromatic carbocycles. The Hall–Kier alpha value is -1.84. The molecule has 0 aromatic heterocycles. The monoisotopic (exact) mass is 305 g/mol. The van der Waals surface area contributed by atoms with Crippen molar-refractivity contribution < 1.29 is 14.7 Å². The maximum absolute atomic E-state index is 11.9. The molecule has 1 rings (SSSR count). The fourth-order valence-electron chi connectivity index (χ4n) is 2.46. The van der Waals surface area contributed by atoms with Gasteiger partial charge in [-0.1, -0.05) is 51.1 Å². The summed E-state index contributed by atoms with van der Waals surface area (Å²) in [5.74, 6) is -0.797. The van der Waals surface area contributed by atoms with Gasteiger partial charge >= 0.3 is 5.97 Å². The van der Waals surface area contributed by atoms with E-state index in [-0.39, 0.29) is 12.5 Å². The van der Waals surface area contributed by atoms with Gasteiger partial charge in [-0.2, -0.15) is 0 Å². The van der Waals surface area contributed by atoms with Crippen molar-refractivity contribution in [3.05, 3.63) is 35.9 Å². The first-order valence-electron chi connectivity index (χ1n) is 7.94. The Balaban J connectivity index is 2.35. The van der Waals surface area contributed by atoms with Crippen molar-refractivity contribution in [3.8, 4) is 0 Å². The molecule has 0 saturated heterocycles. The van der Waals surface area contributed by atoms with Gasteiger partial charge in [0.1, 0.15) is 0 Å². The third-order valence-electron chi connectivity index (χ3n) is 3.82. The molecular weight excluding hydrogens is 278 g/mol. The van der Waals surface area contributed by atoms with Crippen LogP contribution in [0.4, 0.5) is 0 Å². The average Bonchev–Trinajstić information content (AvgIpc) is 2.49. The number of carboxylic acids is 1. The van der Waals surface area contributed by atoms with Gasteiger partial charge in [0.2, 0.25) is 5.91 Å². The quantitative estimate of drug-likeness (QED) is 0.734. The number of hydrogen-bond donors (Lipinski definition) is 2. The summed E-state index contributed by atoms with van der Waals surface area (Å²) in [4.78, 5) is 23.0. The third kappa shape index (κ3) is 6.74. The van der Waals surface area contributed by atoms with E-state index in [1.807, 2.05) is 32.0 Å². The van der Waals surface area contributed by atoms with E-state index in [4.69, 9.17) is 5.11 Å². The molecule has 0 bridgehead atoms. The number of aliphatic carboxylic acids is 1. The Morgan fingerprint density at radius 2 is 1.77 bits per heavy atom. The molecule has 4 nitrogen and oxygen atoms in total. The van der Waals surface area contributed by atoms with Crippen molar-refractivity contribution in [3.63, 3.8) is 0 Å². The lowest BCUT2D eigenvalue weighted by molar-refractivity contribution is -0.142. The summed E-state index contributed by atoms with van der Waals surface area (Å²) in [5, 5.41) is 11.9. The average molecular weight is 305 g/mol. The summed E-state index contributed by atoms with van der Waals surface area (Å²) in [7, 11) is 0. The lowest BCUT2D eigenvalue weighted by Gasteiger charge is -2.16. The van der Waals surface area contributed by atoms with Gasteiger partial charge in [0, 0.05) is 13.0 Å². The van der Waals surface area contributed by atoms with Crippen molar-refractivity contribution in [2.75, 3.05) is 6.54 Å². The first-order valence-corrected chi connectivity index (χ1v) is 7.94. The van der Waals surface area contributed by atoms with Crippen LogP contribution in [0.15, 0.2) is 30.3 Å². The van der Waals surface area contributed by atoms with E-state index >= 15 is 0 Å². The highest BCUT2D eigenvalue weighted by atomic mass is 16.4. The zero-order chi connectivity index (χ0) is 16.5. The number of nitrogens with one attached hydrogen (secondary N) is 1. The van der Waals surface area contributed by atoms with Gasteiger partial charge < -0.3 is 10.4 Å². The van der Waals surface area contributed by atoms with Crippen LogP contribution >= 0.6 is 0 Å². The summed E-state index contributed by atoms with van der Waals surface area (Å²) >= 11 is 0. The van der Waals surface area contributed by atoms with E-state index in [0.717, 1.165) is 6.42 Å². The number of hydrogen-bond acceptors (Lipinski definition) is 2. The highest BCUT2D eigenvalue weighted by Gasteiger charge is 2.19. The molecule has 0 spiro atoms. The normalized spacial score (nSPS) is 13.6. The molecule has 0 saturated carbocycles. The summed E-state index contributed by atoms with van der Waals surface area (Å²) < 4.78 is 0. The lowest BCUT2D eigenvalue weighted by Crippen LogP contribution is -2.33. The van der Waals surface area contributed by atoms with Crippen LogP contribution in [0, 0.1) is 11.8 Å². The highest BCUT2D eigenvalue weighted by Crippen LogP contribution is 2.20. The molecule has 0 heterocycles. The zero-order valence-corrected chi connectivity index (χ0v) is 13.7. The van der Waals surface area contributed by atoms with E-state index in [9.17, 15) is 9.59 Å². The number of carbonyl (C=O) groups is 2. The maximum atomic E-state index is 11.9. The first-order chi connectivity index (χ1) is 10.4. The lowest BCUT2D eigenvalue weighted by atomic mass is 9.95. The largest absolute Gasteiger partial charge is 0.481 e. The van der Waals surface area contributed by atoms with Gasteiger partial charge in [-0.05, 0) is 30.2 Å². The Morgan fingerprint density at radius 3 is 2.32 bits per heavy atom. The molecule has 4 heteroatoms. The predicted octanol–water partition coefficient (Wildman–Crippen LogP) is 3.43. The van der Waals surface area contributed by atoms with E-state index in [1.54, 1.807) is 0 Å². The van der Waals surface area contributed by atoms with Crippen LogP contribution in [0.3, 0.4) is 0 Å². The van der Waals surface area contributed by atoms with Crippen molar-refractivity contribution in [2.45, 2.75) is 46.0 Å². The van der Waals surface area contributed by atoms with Crippen molar-refractivity contribution in [1.82, 2.24) is 5.32 Å². The second kappa shape index (κ2) is 9.23. The molecule has 22 heavy (non-hydrogen) atoms. The predicted molar refractivity (Wildman–Crippen MR) is 87.7 cm³/mol.